The lowest BCUT2D eigenvalue weighted by Gasteiger charge is -2.57. The van der Waals surface area contributed by atoms with Crippen molar-refractivity contribution in [3.63, 3.8) is 0 Å². The number of carbonyl (C=O) groups is 1. The van der Waals surface area contributed by atoms with Crippen molar-refractivity contribution in [1.29, 1.82) is 5.26 Å². The number of fused-ring (bicyclic) bond motifs is 5. The molecule has 6 aliphatic heterocycles. The maximum absolute atomic E-state index is 13.0. The second kappa shape index (κ2) is 10.5. The lowest BCUT2D eigenvalue weighted by Crippen LogP contribution is -2.72. The quantitative estimate of drug-likeness (QED) is 0.458. The predicted octanol–water partition coefficient (Wildman–Crippen LogP) is 2.05. The third kappa shape index (κ3) is 4.40. The Morgan fingerprint density at radius 1 is 1.12 bits per heavy atom. The Bertz CT molecular complexity index is 1500. The average molecular weight is 569 g/mol. The van der Waals surface area contributed by atoms with Crippen LogP contribution in [0.4, 0.5) is 5.82 Å². The average Bonchev–Trinajstić information content (AvgIpc) is 3.75. The van der Waals surface area contributed by atoms with Gasteiger partial charge in [-0.15, -0.1) is 0 Å². The molecule has 5 unspecified atom stereocenters. The third-order valence-electron chi connectivity index (χ3n) is 9.91. The SMILES string of the molecule is N#Cc1cnn2cc(OCCN3C4CCC3COC4)cc(-c3ccc(N4CC5CC(C4)N5C(=O)C4CCCN4)nc3)c12. The van der Waals surface area contributed by atoms with Crippen LogP contribution >= 0.6 is 0 Å². The van der Waals surface area contributed by atoms with E-state index in [1.165, 1.54) is 12.8 Å². The van der Waals surface area contributed by atoms with Crippen molar-refractivity contribution in [3.05, 3.63) is 42.4 Å². The summed E-state index contributed by atoms with van der Waals surface area (Å²) in [5.41, 5.74) is 3.04. The van der Waals surface area contributed by atoms with E-state index in [4.69, 9.17) is 14.5 Å². The minimum Gasteiger partial charge on any atom is -0.491 e. The van der Waals surface area contributed by atoms with Gasteiger partial charge in [0.15, 0.2) is 0 Å². The van der Waals surface area contributed by atoms with Gasteiger partial charge in [-0.25, -0.2) is 9.50 Å². The molecule has 11 nitrogen and oxygen atoms in total. The molecular formula is C31H36N8O3. The first-order valence-corrected chi connectivity index (χ1v) is 15.3. The molecule has 1 amide bonds. The second-order valence-electron chi connectivity index (χ2n) is 12.3. The standard InChI is InChI=1S/C31H36N8O3/c32-12-21-14-35-38-17-26(42-9-8-37-22-4-5-23(37)19-41-18-22)11-27(30(21)38)20-3-6-29(34-13-20)36-15-24-10-25(16-36)39(24)31(40)28-2-1-7-33-28/h3,6,11,13-14,17,22-25,28,33H,1-2,4-5,7-10,15-16,18-19H2. The highest BCUT2D eigenvalue weighted by Crippen LogP contribution is 2.37. The molecule has 0 radical (unpaired) electrons. The molecule has 4 bridgehead atoms. The van der Waals surface area contributed by atoms with Crippen LogP contribution in [0.1, 0.15) is 37.7 Å². The number of aromatic nitrogens is 3. The zero-order chi connectivity index (χ0) is 28.2. The molecule has 218 valence electrons. The van der Waals surface area contributed by atoms with Gasteiger partial charge in [-0.3, -0.25) is 9.69 Å². The molecule has 0 saturated carbocycles. The molecule has 42 heavy (non-hydrogen) atoms. The van der Waals surface area contributed by atoms with Crippen LogP contribution < -0.4 is 15.0 Å². The molecule has 6 saturated heterocycles. The predicted molar refractivity (Wildman–Crippen MR) is 155 cm³/mol. The van der Waals surface area contributed by atoms with Gasteiger partial charge in [-0.2, -0.15) is 10.4 Å². The van der Waals surface area contributed by atoms with Gasteiger partial charge in [0.25, 0.3) is 0 Å². The van der Waals surface area contributed by atoms with E-state index in [1.54, 1.807) is 10.7 Å². The van der Waals surface area contributed by atoms with Gasteiger partial charge in [0, 0.05) is 49.0 Å². The molecule has 6 fully saturated rings. The van der Waals surface area contributed by atoms with Gasteiger partial charge >= 0.3 is 0 Å². The summed E-state index contributed by atoms with van der Waals surface area (Å²) in [6.07, 6.45) is 10.8. The minimum absolute atomic E-state index is 0.00725. The summed E-state index contributed by atoms with van der Waals surface area (Å²) in [4.78, 5) is 24.8. The number of hydrogen-bond acceptors (Lipinski definition) is 9. The van der Waals surface area contributed by atoms with Crippen molar-refractivity contribution in [2.75, 3.05) is 50.9 Å². The molecule has 9 heterocycles. The zero-order valence-corrected chi connectivity index (χ0v) is 23.7. The first kappa shape index (κ1) is 25.9. The molecule has 6 aliphatic rings. The Hall–Kier alpha value is -3.72. The molecule has 1 N–H and O–H groups in total. The summed E-state index contributed by atoms with van der Waals surface area (Å²) >= 11 is 0. The fourth-order valence-electron chi connectivity index (χ4n) is 7.79. The molecule has 3 aromatic heterocycles. The Balaban J connectivity index is 0.985. The number of pyridine rings is 2. The minimum atomic E-state index is -0.00725. The largest absolute Gasteiger partial charge is 0.491 e. The van der Waals surface area contributed by atoms with Crippen molar-refractivity contribution in [3.8, 4) is 22.9 Å². The Labute approximate surface area is 245 Å². The van der Waals surface area contributed by atoms with E-state index in [2.05, 4.69) is 37.3 Å². The molecular weight excluding hydrogens is 532 g/mol. The summed E-state index contributed by atoms with van der Waals surface area (Å²) in [6, 6.07) is 9.89. The summed E-state index contributed by atoms with van der Waals surface area (Å²) < 4.78 is 13.7. The van der Waals surface area contributed by atoms with Crippen LogP contribution in [-0.4, -0.2) is 107 Å². The lowest BCUT2D eigenvalue weighted by atomic mass is 9.86. The van der Waals surface area contributed by atoms with Crippen molar-refractivity contribution in [2.45, 2.75) is 62.3 Å². The number of piperidine rings is 1. The highest BCUT2D eigenvalue weighted by atomic mass is 16.5. The number of nitrogens with zero attached hydrogens (tertiary/aromatic N) is 7. The number of piperazine rings is 1. The first-order chi connectivity index (χ1) is 20.7. The number of amides is 1. The van der Waals surface area contributed by atoms with Crippen molar-refractivity contribution in [1.82, 2.24) is 29.7 Å². The van der Waals surface area contributed by atoms with Crippen molar-refractivity contribution in [2.24, 2.45) is 0 Å². The van der Waals surface area contributed by atoms with E-state index in [0.29, 0.717) is 30.0 Å². The smallest absolute Gasteiger partial charge is 0.240 e. The lowest BCUT2D eigenvalue weighted by molar-refractivity contribution is -0.148. The number of anilines is 1. The highest BCUT2D eigenvalue weighted by Gasteiger charge is 2.49. The fourth-order valence-corrected chi connectivity index (χ4v) is 7.79. The van der Waals surface area contributed by atoms with E-state index >= 15 is 0 Å². The van der Waals surface area contributed by atoms with E-state index < -0.39 is 0 Å². The first-order valence-electron chi connectivity index (χ1n) is 15.3. The monoisotopic (exact) mass is 568 g/mol. The van der Waals surface area contributed by atoms with Gasteiger partial charge in [0.1, 0.15) is 24.2 Å². The van der Waals surface area contributed by atoms with Gasteiger partial charge < -0.3 is 24.6 Å². The molecule has 5 atom stereocenters. The van der Waals surface area contributed by atoms with E-state index in [-0.39, 0.29) is 24.0 Å². The van der Waals surface area contributed by atoms with Gasteiger partial charge in [-0.1, -0.05) is 0 Å². The number of morpholine rings is 1. The van der Waals surface area contributed by atoms with Crippen molar-refractivity contribution < 1.29 is 14.3 Å². The van der Waals surface area contributed by atoms with E-state index in [0.717, 1.165) is 81.1 Å². The van der Waals surface area contributed by atoms with Crippen molar-refractivity contribution >= 4 is 17.2 Å². The number of nitriles is 1. The Morgan fingerprint density at radius 3 is 2.67 bits per heavy atom. The third-order valence-corrected chi connectivity index (χ3v) is 9.91. The van der Waals surface area contributed by atoms with Crippen LogP contribution in [-0.2, 0) is 9.53 Å². The van der Waals surface area contributed by atoms with Gasteiger partial charge in [0.2, 0.25) is 5.91 Å². The number of nitrogens with one attached hydrogen (secondary N) is 1. The highest BCUT2D eigenvalue weighted by molar-refractivity contribution is 5.85. The topological polar surface area (TPSA) is 111 Å². The van der Waals surface area contributed by atoms with Crippen LogP contribution in [0.3, 0.4) is 0 Å². The summed E-state index contributed by atoms with van der Waals surface area (Å²) in [5.74, 6) is 1.90. The number of hydrogen-bond donors (Lipinski definition) is 1. The van der Waals surface area contributed by atoms with Crippen LogP contribution in [0.15, 0.2) is 36.8 Å². The molecule has 0 spiro atoms. The molecule has 9 rings (SSSR count). The number of rotatable bonds is 7. The van der Waals surface area contributed by atoms with Crippen LogP contribution in [0.2, 0.25) is 0 Å². The Morgan fingerprint density at radius 2 is 1.95 bits per heavy atom. The second-order valence-corrected chi connectivity index (χ2v) is 12.3. The number of ether oxygens (including phenoxy) is 2. The van der Waals surface area contributed by atoms with E-state index in [1.807, 2.05) is 24.5 Å². The van der Waals surface area contributed by atoms with Crippen LogP contribution in [0.25, 0.3) is 16.6 Å². The Kier molecular flexibility index (Phi) is 6.50. The molecule has 0 aromatic carbocycles. The zero-order valence-electron chi connectivity index (χ0n) is 23.7. The normalized spacial score (nSPS) is 28.6. The maximum Gasteiger partial charge on any atom is 0.240 e. The number of carbonyl (C=O) groups excluding carboxylic acids is 1. The summed E-state index contributed by atoms with van der Waals surface area (Å²) in [7, 11) is 0. The van der Waals surface area contributed by atoms with E-state index in [9.17, 15) is 10.1 Å². The maximum atomic E-state index is 13.0. The summed E-state index contributed by atoms with van der Waals surface area (Å²) in [6.45, 7) is 5.62. The van der Waals surface area contributed by atoms with Gasteiger partial charge in [0.05, 0.1) is 54.8 Å². The van der Waals surface area contributed by atoms with Crippen LogP contribution in [0.5, 0.6) is 5.75 Å². The van der Waals surface area contributed by atoms with Gasteiger partial charge in [-0.05, 0) is 56.8 Å². The molecule has 3 aromatic rings. The van der Waals surface area contributed by atoms with Crippen LogP contribution in [0, 0.1) is 11.3 Å². The fraction of sp³-hybridized carbons (Fsp3) is 0.548. The summed E-state index contributed by atoms with van der Waals surface area (Å²) in [5, 5.41) is 17.6. The molecule has 11 heteroatoms. The molecule has 0 aliphatic carbocycles.